The molecule has 4 heteroatoms. The lowest BCUT2D eigenvalue weighted by molar-refractivity contribution is -0.145. The molecule has 2 aliphatic rings. The van der Waals surface area contributed by atoms with Gasteiger partial charge in [0, 0.05) is 19.5 Å². The van der Waals surface area contributed by atoms with Crippen molar-refractivity contribution in [3.05, 3.63) is 0 Å². The van der Waals surface area contributed by atoms with Crippen molar-refractivity contribution in [2.75, 3.05) is 6.54 Å². The Balaban J connectivity index is 2.07. The van der Waals surface area contributed by atoms with E-state index in [-0.39, 0.29) is 23.8 Å². The van der Waals surface area contributed by atoms with Crippen LogP contribution in [-0.4, -0.2) is 34.5 Å². The van der Waals surface area contributed by atoms with E-state index >= 15 is 0 Å². The van der Waals surface area contributed by atoms with Gasteiger partial charge in [-0.15, -0.1) is 0 Å². The lowest BCUT2D eigenvalue weighted by Crippen LogP contribution is -2.40. The van der Waals surface area contributed by atoms with Gasteiger partial charge in [0.1, 0.15) is 0 Å². The van der Waals surface area contributed by atoms with E-state index in [1.807, 2.05) is 4.90 Å². The highest BCUT2D eigenvalue weighted by molar-refractivity contribution is 5.76. The van der Waals surface area contributed by atoms with Gasteiger partial charge >= 0.3 is 5.97 Å². The average Bonchev–Trinajstić information content (AvgIpc) is 2.60. The summed E-state index contributed by atoms with van der Waals surface area (Å²) in [5.74, 6) is -0.626. The number of rotatable bonds is 1. The van der Waals surface area contributed by atoms with Gasteiger partial charge in [0.05, 0.1) is 5.92 Å². The van der Waals surface area contributed by atoms with Gasteiger partial charge in [-0.25, -0.2) is 0 Å². The minimum atomic E-state index is -0.698. The zero-order chi connectivity index (χ0) is 9.59. The van der Waals surface area contributed by atoms with Crippen LogP contribution in [0.2, 0.25) is 0 Å². The second-order valence-electron chi connectivity index (χ2n) is 4.00. The first-order valence-corrected chi connectivity index (χ1v) is 4.59. The molecular formula is C9H13NO3. The number of hydrogen-bond acceptors (Lipinski definition) is 2. The summed E-state index contributed by atoms with van der Waals surface area (Å²) >= 11 is 0. The Morgan fingerprint density at radius 3 is 2.46 bits per heavy atom. The molecule has 1 heterocycles. The minimum Gasteiger partial charge on any atom is -0.481 e. The van der Waals surface area contributed by atoms with Gasteiger partial charge in [0.2, 0.25) is 5.91 Å². The van der Waals surface area contributed by atoms with Crippen molar-refractivity contribution in [3.8, 4) is 0 Å². The molecule has 4 nitrogen and oxygen atoms in total. The lowest BCUT2D eigenvalue weighted by atomic mass is 9.95. The Hall–Kier alpha value is -1.06. The van der Waals surface area contributed by atoms with Gasteiger partial charge in [-0.2, -0.15) is 0 Å². The number of carbonyl (C=O) groups is 2. The standard InChI is InChI=1S/C9H13NO3/c1-5(11)10-4-6-2-7(10)3-8(6)9(12)13/h6-8H,2-4H2,1H3,(H,12,13)/t6-,7-,8+/m0/s1. The fraction of sp³-hybridized carbons (Fsp3) is 0.778. The predicted octanol–water partition coefficient (Wildman–Crippen LogP) is 0.328. The summed E-state index contributed by atoms with van der Waals surface area (Å²) in [7, 11) is 0. The first-order valence-electron chi connectivity index (χ1n) is 4.59. The zero-order valence-electron chi connectivity index (χ0n) is 7.56. The third kappa shape index (κ3) is 1.20. The van der Waals surface area contributed by atoms with E-state index in [1.54, 1.807) is 6.92 Å². The van der Waals surface area contributed by atoms with Crippen LogP contribution < -0.4 is 0 Å². The monoisotopic (exact) mass is 183 g/mol. The van der Waals surface area contributed by atoms with Gasteiger partial charge in [-0.05, 0) is 18.8 Å². The molecule has 1 aliphatic carbocycles. The van der Waals surface area contributed by atoms with Crippen LogP contribution in [0.5, 0.6) is 0 Å². The Morgan fingerprint density at radius 2 is 2.08 bits per heavy atom. The number of carboxylic acids is 1. The van der Waals surface area contributed by atoms with E-state index in [9.17, 15) is 9.59 Å². The second kappa shape index (κ2) is 2.72. The van der Waals surface area contributed by atoms with Gasteiger partial charge in [-0.3, -0.25) is 9.59 Å². The molecule has 0 aromatic heterocycles. The second-order valence-corrected chi connectivity index (χ2v) is 4.00. The number of aliphatic carboxylic acids is 1. The maximum absolute atomic E-state index is 11.1. The third-order valence-corrected chi connectivity index (χ3v) is 3.26. The molecule has 0 radical (unpaired) electrons. The Morgan fingerprint density at radius 1 is 1.38 bits per heavy atom. The average molecular weight is 183 g/mol. The first-order chi connectivity index (χ1) is 6.09. The van der Waals surface area contributed by atoms with Crippen LogP contribution in [0.25, 0.3) is 0 Å². The van der Waals surface area contributed by atoms with Gasteiger partial charge in [0.25, 0.3) is 0 Å². The number of carboxylic acid groups (broad SMARTS) is 1. The molecule has 72 valence electrons. The topological polar surface area (TPSA) is 57.6 Å². The highest BCUT2D eigenvalue weighted by atomic mass is 16.4. The number of fused-ring (bicyclic) bond motifs is 2. The molecule has 0 unspecified atom stereocenters. The quantitative estimate of drug-likeness (QED) is 0.637. The summed E-state index contributed by atoms with van der Waals surface area (Å²) in [5.41, 5.74) is 0. The van der Waals surface area contributed by atoms with Gasteiger partial charge in [-0.1, -0.05) is 0 Å². The Bertz CT molecular complexity index is 238. The molecule has 3 atom stereocenters. The van der Waals surface area contributed by atoms with Crippen molar-refractivity contribution in [2.24, 2.45) is 11.8 Å². The number of likely N-dealkylation sites (tertiary alicyclic amines) is 1. The fourth-order valence-electron chi connectivity index (χ4n) is 2.64. The molecule has 13 heavy (non-hydrogen) atoms. The molecule has 0 aromatic carbocycles. The third-order valence-electron chi connectivity index (χ3n) is 3.26. The molecule has 1 saturated carbocycles. The summed E-state index contributed by atoms with van der Waals surface area (Å²) in [6.07, 6.45) is 1.54. The summed E-state index contributed by atoms with van der Waals surface area (Å²) in [6.45, 7) is 2.20. The van der Waals surface area contributed by atoms with Crippen LogP contribution in [0.3, 0.4) is 0 Å². The summed E-state index contributed by atoms with van der Waals surface area (Å²) in [4.78, 5) is 23.7. The highest BCUT2D eigenvalue weighted by Gasteiger charge is 2.48. The molecule has 1 amide bonds. The van der Waals surface area contributed by atoms with Crippen LogP contribution in [0.1, 0.15) is 19.8 Å². The van der Waals surface area contributed by atoms with Crippen LogP contribution in [0.4, 0.5) is 0 Å². The van der Waals surface area contributed by atoms with Gasteiger partial charge in [0.15, 0.2) is 0 Å². The lowest BCUT2D eigenvalue weighted by Gasteiger charge is -2.28. The van der Waals surface area contributed by atoms with Crippen molar-refractivity contribution in [2.45, 2.75) is 25.8 Å². The molecule has 1 N–H and O–H groups in total. The van der Waals surface area contributed by atoms with E-state index in [1.165, 1.54) is 0 Å². The maximum Gasteiger partial charge on any atom is 0.306 e. The molecule has 0 aromatic rings. The molecule has 2 rings (SSSR count). The molecule has 0 spiro atoms. The molecule has 2 fully saturated rings. The number of nitrogens with zero attached hydrogens (tertiary/aromatic N) is 1. The fourth-order valence-corrected chi connectivity index (χ4v) is 2.64. The normalized spacial score (nSPS) is 36.7. The Labute approximate surface area is 76.5 Å². The van der Waals surface area contributed by atoms with Crippen LogP contribution in [0, 0.1) is 11.8 Å². The smallest absolute Gasteiger partial charge is 0.306 e. The summed E-state index contributed by atoms with van der Waals surface area (Å²) in [6, 6.07) is 0.198. The number of hydrogen-bond donors (Lipinski definition) is 1. The maximum atomic E-state index is 11.1. The predicted molar refractivity (Wildman–Crippen MR) is 45.0 cm³/mol. The molecule has 2 bridgehead atoms. The van der Waals surface area contributed by atoms with Crippen molar-refractivity contribution in [3.63, 3.8) is 0 Å². The zero-order valence-corrected chi connectivity index (χ0v) is 7.56. The Kier molecular flexibility index (Phi) is 1.78. The van der Waals surface area contributed by atoms with Gasteiger partial charge < -0.3 is 10.0 Å². The van der Waals surface area contributed by atoms with Crippen LogP contribution in [0.15, 0.2) is 0 Å². The minimum absolute atomic E-state index is 0.0799. The summed E-state index contributed by atoms with van der Waals surface area (Å²) in [5, 5.41) is 8.86. The largest absolute Gasteiger partial charge is 0.481 e. The highest BCUT2D eigenvalue weighted by Crippen LogP contribution is 2.41. The van der Waals surface area contributed by atoms with E-state index in [0.717, 1.165) is 6.42 Å². The van der Waals surface area contributed by atoms with Crippen molar-refractivity contribution in [1.29, 1.82) is 0 Å². The van der Waals surface area contributed by atoms with Crippen molar-refractivity contribution < 1.29 is 14.7 Å². The number of carbonyl (C=O) groups excluding carboxylic acids is 1. The van der Waals surface area contributed by atoms with Crippen molar-refractivity contribution >= 4 is 11.9 Å². The molecular weight excluding hydrogens is 170 g/mol. The first kappa shape index (κ1) is 8.53. The van der Waals surface area contributed by atoms with E-state index in [0.29, 0.717) is 13.0 Å². The summed E-state index contributed by atoms with van der Waals surface area (Å²) < 4.78 is 0. The number of piperidine rings is 1. The van der Waals surface area contributed by atoms with Crippen LogP contribution >= 0.6 is 0 Å². The van der Waals surface area contributed by atoms with E-state index < -0.39 is 5.97 Å². The van der Waals surface area contributed by atoms with Crippen molar-refractivity contribution in [1.82, 2.24) is 4.90 Å². The molecule has 1 aliphatic heterocycles. The number of amides is 1. The van der Waals surface area contributed by atoms with E-state index in [4.69, 9.17) is 5.11 Å². The van der Waals surface area contributed by atoms with E-state index in [2.05, 4.69) is 0 Å². The van der Waals surface area contributed by atoms with Crippen LogP contribution in [-0.2, 0) is 9.59 Å². The molecule has 1 saturated heterocycles. The SMILES string of the molecule is CC(=O)N1C[C@@H]2C[C@H]1C[C@H]2C(=O)O.